The monoisotopic (exact) mass is 276 g/mol. The van der Waals surface area contributed by atoms with Crippen LogP contribution in [0.25, 0.3) is 10.1 Å². The highest BCUT2D eigenvalue weighted by atomic mass is 32.1. The maximum absolute atomic E-state index is 4.68. The summed E-state index contributed by atoms with van der Waals surface area (Å²) in [6.45, 7) is 8.61. The van der Waals surface area contributed by atoms with Crippen LogP contribution in [0.5, 0.6) is 0 Å². The van der Waals surface area contributed by atoms with Gasteiger partial charge in [0.05, 0.1) is 5.69 Å². The first kappa shape index (κ1) is 14.5. The SMILES string of the molecule is CC.Cc1csc2ccnc(C3CCN(C)CC3)c12. The number of rotatable bonds is 1. The molecule has 0 amide bonds. The molecule has 3 heterocycles. The molecule has 0 saturated carbocycles. The molecule has 3 rings (SSSR count). The van der Waals surface area contributed by atoms with Crippen LogP contribution >= 0.6 is 11.3 Å². The van der Waals surface area contributed by atoms with E-state index >= 15 is 0 Å². The van der Waals surface area contributed by atoms with Crippen molar-refractivity contribution in [3.63, 3.8) is 0 Å². The van der Waals surface area contributed by atoms with Crippen molar-refractivity contribution < 1.29 is 0 Å². The number of aryl methyl sites for hydroxylation is 1. The van der Waals surface area contributed by atoms with Gasteiger partial charge in [-0.15, -0.1) is 11.3 Å². The van der Waals surface area contributed by atoms with E-state index in [4.69, 9.17) is 0 Å². The molecule has 0 N–H and O–H groups in total. The zero-order valence-corrected chi connectivity index (χ0v) is 13.3. The number of hydrogen-bond donors (Lipinski definition) is 0. The molecule has 2 nitrogen and oxygen atoms in total. The van der Waals surface area contributed by atoms with Gasteiger partial charge in [-0.1, -0.05) is 13.8 Å². The first-order chi connectivity index (χ1) is 9.25. The molecule has 2 aromatic rings. The fraction of sp³-hybridized carbons (Fsp3) is 0.562. The summed E-state index contributed by atoms with van der Waals surface area (Å²) in [5, 5.41) is 3.68. The average Bonchev–Trinajstić information content (AvgIpc) is 2.84. The van der Waals surface area contributed by atoms with Crippen LogP contribution in [0.1, 0.15) is 43.9 Å². The van der Waals surface area contributed by atoms with Gasteiger partial charge in [-0.3, -0.25) is 4.98 Å². The molecular weight excluding hydrogens is 252 g/mol. The van der Waals surface area contributed by atoms with Gasteiger partial charge < -0.3 is 4.90 Å². The largest absolute Gasteiger partial charge is 0.306 e. The zero-order chi connectivity index (χ0) is 13.8. The standard InChI is InChI=1S/C14H18N2S.C2H6/c1-10-9-17-12-3-6-15-14(13(10)12)11-4-7-16(2)8-5-11;1-2/h3,6,9,11H,4-5,7-8H2,1-2H3;1-2H3. The van der Waals surface area contributed by atoms with Crippen LogP contribution in [0.15, 0.2) is 17.6 Å². The van der Waals surface area contributed by atoms with Crippen molar-refractivity contribution in [2.45, 2.75) is 39.5 Å². The normalized spacial score (nSPS) is 17.3. The molecule has 0 bridgehead atoms. The summed E-state index contributed by atoms with van der Waals surface area (Å²) in [7, 11) is 2.21. The fourth-order valence-electron chi connectivity index (χ4n) is 2.76. The van der Waals surface area contributed by atoms with E-state index in [1.165, 1.54) is 47.3 Å². The number of aromatic nitrogens is 1. The third kappa shape index (κ3) is 2.98. The molecule has 1 saturated heterocycles. The Hall–Kier alpha value is -0.930. The molecule has 0 aromatic carbocycles. The van der Waals surface area contributed by atoms with Crippen molar-refractivity contribution >= 4 is 21.4 Å². The van der Waals surface area contributed by atoms with E-state index < -0.39 is 0 Å². The van der Waals surface area contributed by atoms with E-state index in [0.717, 1.165) is 0 Å². The number of fused-ring (bicyclic) bond motifs is 1. The maximum atomic E-state index is 4.68. The second-order valence-corrected chi connectivity index (χ2v) is 5.98. The molecule has 19 heavy (non-hydrogen) atoms. The molecule has 0 radical (unpaired) electrons. The Morgan fingerprint density at radius 1 is 1.26 bits per heavy atom. The van der Waals surface area contributed by atoms with Gasteiger partial charge in [0.2, 0.25) is 0 Å². The van der Waals surface area contributed by atoms with Gasteiger partial charge in [-0.05, 0) is 56.9 Å². The lowest BCUT2D eigenvalue weighted by atomic mass is 9.91. The lowest BCUT2D eigenvalue weighted by Gasteiger charge is -2.29. The van der Waals surface area contributed by atoms with Crippen LogP contribution in [0, 0.1) is 6.92 Å². The van der Waals surface area contributed by atoms with Gasteiger partial charge in [0.1, 0.15) is 0 Å². The number of nitrogens with zero attached hydrogens (tertiary/aromatic N) is 2. The molecule has 1 aliphatic rings. The number of likely N-dealkylation sites (tertiary alicyclic amines) is 1. The molecule has 1 fully saturated rings. The van der Waals surface area contributed by atoms with E-state index in [1.807, 2.05) is 31.4 Å². The number of pyridine rings is 1. The minimum Gasteiger partial charge on any atom is -0.306 e. The molecule has 3 heteroatoms. The quantitative estimate of drug-likeness (QED) is 0.765. The van der Waals surface area contributed by atoms with Crippen molar-refractivity contribution in [3.8, 4) is 0 Å². The molecule has 0 atom stereocenters. The molecule has 1 aliphatic heterocycles. The lowest BCUT2D eigenvalue weighted by molar-refractivity contribution is 0.254. The van der Waals surface area contributed by atoms with Gasteiger partial charge in [0.25, 0.3) is 0 Å². The van der Waals surface area contributed by atoms with E-state index in [-0.39, 0.29) is 0 Å². The Bertz CT molecular complexity index is 525. The third-order valence-corrected chi connectivity index (χ3v) is 4.87. The Morgan fingerprint density at radius 2 is 1.95 bits per heavy atom. The lowest BCUT2D eigenvalue weighted by Crippen LogP contribution is -2.29. The molecule has 104 valence electrons. The van der Waals surface area contributed by atoms with E-state index in [1.54, 1.807) is 0 Å². The second kappa shape index (κ2) is 6.49. The van der Waals surface area contributed by atoms with Gasteiger partial charge in [0, 0.05) is 22.2 Å². The molecule has 2 aromatic heterocycles. The highest BCUT2D eigenvalue weighted by Crippen LogP contribution is 2.35. The summed E-state index contributed by atoms with van der Waals surface area (Å²) in [5.41, 5.74) is 2.74. The third-order valence-electron chi connectivity index (χ3n) is 3.80. The molecule has 0 spiro atoms. The highest BCUT2D eigenvalue weighted by Gasteiger charge is 2.22. The van der Waals surface area contributed by atoms with Crippen molar-refractivity contribution in [2.75, 3.05) is 20.1 Å². The number of thiophene rings is 1. The van der Waals surface area contributed by atoms with E-state index in [2.05, 4.69) is 35.3 Å². The van der Waals surface area contributed by atoms with Crippen LogP contribution in [-0.4, -0.2) is 30.0 Å². The summed E-state index contributed by atoms with van der Waals surface area (Å²) in [6.07, 6.45) is 4.47. The topological polar surface area (TPSA) is 16.1 Å². The van der Waals surface area contributed by atoms with Crippen LogP contribution < -0.4 is 0 Å². The van der Waals surface area contributed by atoms with E-state index in [9.17, 15) is 0 Å². The summed E-state index contributed by atoms with van der Waals surface area (Å²) in [4.78, 5) is 7.09. The predicted octanol–water partition coefficient (Wildman–Crippen LogP) is 4.44. The summed E-state index contributed by atoms with van der Waals surface area (Å²) >= 11 is 1.84. The van der Waals surface area contributed by atoms with Crippen molar-refractivity contribution in [1.82, 2.24) is 9.88 Å². The first-order valence-electron chi connectivity index (χ1n) is 7.27. The fourth-order valence-corrected chi connectivity index (χ4v) is 3.70. The number of piperidine rings is 1. The predicted molar refractivity (Wildman–Crippen MR) is 85.2 cm³/mol. The second-order valence-electron chi connectivity index (χ2n) is 5.07. The van der Waals surface area contributed by atoms with Crippen molar-refractivity contribution in [2.24, 2.45) is 0 Å². The smallest absolute Gasteiger partial charge is 0.0524 e. The van der Waals surface area contributed by atoms with Crippen LogP contribution in [0.3, 0.4) is 0 Å². The molecular formula is C16H24N2S. The van der Waals surface area contributed by atoms with Crippen LogP contribution in [0.4, 0.5) is 0 Å². The Kier molecular flexibility index (Phi) is 4.94. The van der Waals surface area contributed by atoms with E-state index in [0.29, 0.717) is 5.92 Å². The van der Waals surface area contributed by atoms with Crippen LogP contribution in [-0.2, 0) is 0 Å². The molecule has 0 unspecified atom stereocenters. The van der Waals surface area contributed by atoms with Crippen LogP contribution in [0.2, 0.25) is 0 Å². The molecule has 0 aliphatic carbocycles. The minimum atomic E-state index is 0.656. The zero-order valence-electron chi connectivity index (χ0n) is 12.4. The Morgan fingerprint density at radius 3 is 2.63 bits per heavy atom. The summed E-state index contributed by atoms with van der Waals surface area (Å²) < 4.78 is 1.39. The summed E-state index contributed by atoms with van der Waals surface area (Å²) in [6, 6.07) is 2.14. The van der Waals surface area contributed by atoms with Gasteiger partial charge in [-0.25, -0.2) is 0 Å². The highest BCUT2D eigenvalue weighted by molar-refractivity contribution is 7.17. The van der Waals surface area contributed by atoms with Gasteiger partial charge in [0.15, 0.2) is 0 Å². The van der Waals surface area contributed by atoms with Crippen molar-refractivity contribution in [1.29, 1.82) is 0 Å². The van der Waals surface area contributed by atoms with Gasteiger partial charge >= 0.3 is 0 Å². The Balaban J connectivity index is 0.000000637. The van der Waals surface area contributed by atoms with Crippen molar-refractivity contribution in [3.05, 3.63) is 28.9 Å². The first-order valence-corrected chi connectivity index (χ1v) is 8.15. The Labute approximate surface area is 120 Å². The minimum absolute atomic E-state index is 0.656. The maximum Gasteiger partial charge on any atom is 0.0524 e. The number of hydrogen-bond acceptors (Lipinski definition) is 3. The average molecular weight is 276 g/mol. The van der Waals surface area contributed by atoms with Gasteiger partial charge in [-0.2, -0.15) is 0 Å². The summed E-state index contributed by atoms with van der Waals surface area (Å²) in [5.74, 6) is 0.656.